The van der Waals surface area contributed by atoms with E-state index in [4.69, 9.17) is 0 Å². The Morgan fingerprint density at radius 2 is 1.56 bits per heavy atom. The summed E-state index contributed by atoms with van der Waals surface area (Å²) in [6, 6.07) is 20.6. The fourth-order valence-corrected chi connectivity index (χ4v) is 5.00. The van der Waals surface area contributed by atoms with E-state index in [2.05, 4.69) is 5.32 Å². The molecule has 2 amide bonds. The van der Waals surface area contributed by atoms with Crippen LogP contribution in [0.4, 0.5) is 11.4 Å². The Morgan fingerprint density at radius 3 is 2.28 bits per heavy atom. The summed E-state index contributed by atoms with van der Waals surface area (Å²) in [5.41, 5.74) is 3.17. The molecule has 7 heteroatoms. The first-order valence-electron chi connectivity index (χ1n) is 10.4. The normalized spacial score (nSPS) is 13.2. The number of amides is 2. The van der Waals surface area contributed by atoms with Gasteiger partial charge in [0.1, 0.15) is 0 Å². The quantitative estimate of drug-likeness (QED) is 0.630. The molecule has 0 saturated heterocycles. The summed E-state index contributed by atoms with van der Waals surface area (Å²) in [5, 5.41) is 2.09. The number of sulfone groups is 1. The van der Waals surface area contributed by atoms with Gasteiger partial charge in [0.2, 0.25) is 0 Å². The predicted octanol–water partition coefficient (Wildman–Crippen LogP) is 4.32. The number of nitrogens with zero attached hydrogens (tertiary/aromatic N) is 1. The van der Waals surface area contributed by atoms with Crippen molar-refractivity contribution < 1.29 is 18.0 Å². The minimum absolute atomic E-state index is 0.00648. The van der Waals surface area contributed by atoms with Crippen molar-refractivity contribution in [1.29, 1.82) is 0 Å². The fourth-order valence-electron chi connectivity index (χ4n) is 3.76. The molecule has 0 aromatic heterocycles. The smallest absolute Gasteiger partial charge is 0.258 e. The molecular weight excluding hydrogens is 424 g/mol. The number of para-hydroxylation sites is 1. The Morgan fingerprint density at radius 1 is 0.906 bits per heavy atom. The molecule has 32 heavy (non-hydrogen) atoms. The van der Waals surface area contributed by atoms with Crippen molar-refractivity contribution in [2.45, 2.75) is 30.4 Å². The molecule has 0 spiro atoms. The van der Waals surface area contributed by atoms with Crippen LogP contribution in [0.1, 0.15) is 40.1 Å². The lowest BCUT2D eigenvalue weighted by Crippen LogP contribution is -2.28. The van der Waals surface area contributed by atoms with Gasteiger partial charge >= 0.3 is 0 Å². The van der Waals surface area contributed by atoms with Crippen LogP contribution >= 0.6 is 0 Å². The molecule has 0 radical (unpaired) electrons. The summed E-state index contributed by atoms with van der Waals surface area (Å²) in [6.07, 6.45) is 0.828. The van der Waals surface area contributed by atoms with Crippen LogP contribution < -0.4 is 10.2 Å². The lowest BCUT2D eigenvalue weighted by Gasteiger charge is -2.17. The highest BCUT2D eigenvalue weighted by atomic mass is 32.2. The number of rotatable bonds is 5. The summed E-state index contributed by atoms with van der Waals surface area (Å²) < 4.78 is 25.2. The van der Waals surface area contributed by atoms with E-state index in [-0.39, 0.29) is 16.4 Å². The van der Waals surface area contributed by atoms with Crippen LogP contribution in [0.25, 0.3) is 0 Å². The van der Waals surface area contributed by atoms with Crippen LogP contribution in [0.15, 0.2) is 77.7 Å². The van der Waals surface area contributed by atoms with Gasteiger partial charge in [0.05, 0.1) is 15.7 Å². The zero-order valence-electron chi connectivity index (χ0n) is 17.9. The van der Waals surface area contributed by atoms with E-state index in [1.807, 2.05) is 24.3 Å². The van der Waals surface area contributed by atoms with Gasteiger partial charge in [-0.1, -0.05) is 30.3 Å². The van der Waals surface area contributed by atoms with Crippen molar-refractivity contribution in [3.63, 3.8) is 0 Å². The van der Waals surface area contributed by atoms with Crippen molar-refractivity contribution in [2.24, 2.45) is 0 Å². The molecular formula is C25H24N2O4S. The van der Waals surface area contributed by atoms with Gasteiger partial charge in [-0.25, -0.2) is 8.42 Å². The molecule has 164 valence electrons. The van der Waals surface area contributed by atoms with E-state index in [9.17, 15) is 18.0 Å². The Bertz CT molecular complexity index is 1280. The Kier molecular flexibility index (Phi) is 5.84. The van der Waals surface area contributed by atoms with E-state index in [1.54, 1.807) is 55.1 Å². The summed E-state index contributed by atoms with van der Waals surface area (Å²) in [6.45, 7) is 3.80. The average Bonchev–Trinajstić information content (AvgIpc) is 3.23. The summed E-state index contributed by atoms with van der Waals surface area (Å²) in [7, 11) is -3.61. The largest absolute Gasteiger partial charge is 0.322 e. The number of nitrogens with one attached hydrogen (secondary N) is 1. The molecule has 3 aromatic rings. The number of carbonyl (C=O) groups excluding carboxylic acids is 2. The van der Waals surface area contributed by atoms with Gasteiger partial charge in [-0.15, -0.1) is 0 Å². The van der Waals surface area contributed by atoms with E-state index < -0.39 is 21.0 Å². The molecule has 0 bridgehead atoms. The van der Waals surface area contributed by atoms with Crippen molar-refractivity contribution in [2.75, 3.05) is 16.8 Å². The molecule has 6 nitrogen and oxygen atoms in total. The number of anilines is 2. The molecule has 0 unspecified atom stereocenters. The van der Waals surface area contributed by atoms with Crippen molar-refractivity contribution in [3.05, 3.63) is 89.5 Å². The molecule has 1 N–H and O–H groups in total. The second kappa shape index (κ2) is 8.59. The molecule has 4 rings (SSSR count). The van der Waals surface area contributed by atoms with Crippen LogP contribution in [-0.4, -0.2) is 32.0 Å². The molecule has 3 aromatic carbocycles. The average molecular weight is 449 g/mol. The first kappa shape index (κ1) is 21.8. The SMILES string of the molecule is CC(C)S(=O)(=O)c1ccccc1C(=O)Nc1ccc(C(=O)N2CCc3ccccc32)cc1. The molecule has 1 aliphatic heterocycles. The summed E-state index contributed by atoms with van der Waals surface area (Å²) >= 11 is 0. The van der Waals surface area contributed by atoms with Crippen LogP contribution in [0.2, 0.25) is 0 Å². The second-order valence-corrected chi connectivity index (χ2v) is 10.4. The topological polar surface area (TPSA) is 83.5 Å². The zero-order valence-corrected chi connectivity index (χ0v) is 18.7. The lowest BCUT2D eigenvalue weighted by atomic mass is 10.1. The number of benzene rings is 3. The lowest BCUT2D eigenvalue weighted by molar-refractivity contribution is 0.0988. The zero-order chi connectivity index (χ0) is 22.9. The van der Waals surface area contributed by atoms with Gasteiger partial charge in [-0.2, -0.15) is 0 Å². The first-order chi connectivity index (χ1) is 15.3. The maximum Gasteiger partial charge on any atom is 0.258 e. The van der Waals surface area contributed by atoms with E-state index in [0.29, 0.717) is 17.8 Å². The second-order valence-electron chi connectivity index (χ2n) is 7.96. The Labute approximate surface area is 187 Å². The Balaban J connectivity index is 1.52. The predicted molar refractivity (Wildman–Crippen MR) is 125 cm³/mol. The van der Waals surface area contributed by atoms with Crippen LogP contribution in [0.3, 0.4) is 0 Å². The van der Waals surface area contributed by atoms with E-state index >= 15 is 0 Å². The van der Waals surface area contributed by atoms with Gasteiger partial charge in [-0.05, 0) is 68.3 Å². The number of carbonyl (C=O) groups is 2. The molecule has 1 heterocycles. The monoisotopic (exact) mass is 448 g/mol. The highest BCUT2D eigenvalue weighted by molar-refractivity contribution is 7.92. The van der Waals surface area contributed by atoms with Crippen LogP contribution in [-0.2, 0) is 16.3 Å². The Hall–Kier alpha value is -3.45. The van der Waals surface area contributed by atoms with Crippen LogP contribution in [0, 0.1) is 0 Å². The maximum atomic E-state index is 13.0. The number of hydrogen-bond donors (Lipinski definition) is 1. The van der Waals surface area contributed by atoms with Gasteiger partial charge in [-0.3, -0.25) is 9.59 Å². The van der Waals surface area contributed by atoms with Crippen molar-refractivity contribution >= 4 is 33.0 Å². The van der Waals surface area contributed by atoms with Gasteiger partial charge in [0.15, 0.2) is 9.84 Å². The van der Waals surface area contributed by atoms with Crippen molar-refractivity contribution in [3.8, 4) is 0 Å². The highest BCUT2D eigenvalue weighted by Gasteiger charge is 2.26. The standard InChI is InChI=1S/C25H24N2O4S/c1-17(2)32(30,31)23-10-6-4-8-21(23)24(28)26-20-13-11-19(12-14-20)25(29)27-16-15-18-7-3-5-9-22(18)27/h3-14,17H,15-16H2,1-2H3,(H,26,28). The van der Waals surface area contributed by atoms with Gasteiger partial charge in [0, 0.05) is 23.5 Å². The van der Waals surface area contributed by atoms with Crippen LogP contribution in [0.5, 0.6) is 0 Å². The third-order valence-corrected chi connectivity index (χ3v) is 7.79. The molecule has 0 aliphatic carbocycles. The van der Waals surface area contributed by atoms with E-state index in [0.717, 1.165) is 17.7 Å². The molecule has 0 saturated carbocycles. The molecule has 1 aliphatic rings. The molecule has 0 atom stereocenters. The fraction of sp³-hybridized carbons (Fsp3) is 0.200. The number of fused-ring (bicyclic) bond motifs is 1. The maximum absolute atomic E-state index is 13.0. The first-order valence-corrected chi connectivity index (χ1v) is 12.0. The third-order valence-electron chi connectivity index (χ3n) is 5.58. The number of hydrogen-bond acceptors (Lipinski definition) is 4. The minimum atomic E-state index is -3.61. The summed E-state index contributed by atoms with van der Waals surface area (Å²) in [4.78, 5) is 27.5. The minimum Gasteiger partial charge on any atom is -0.322 e. The van der Waals surface area contributed by atoms with E-state index in [1.165, 1.54) is 12.1 Å². The van der Waals surface area contributed by atoms with Gasteiger partial charge < -0.3 is 10.2 Å². The molecule has 0 fully saturated rings. The third kappa shape index (κ3) is 4.03. The van der Waals surface area contributed by atoms with Gasteiger partial charge in [0.25, 0.3) is 11.8 Å². The highest BCUT2D eigenvalue weighted by Crippen LogP contribution is 2.29. The van der Waals surface area contributed by atoms with Crippen molar-refractivity contribution in [1.82, 2.24) is 0 Å². The summed E-state index contributed by atoms with van der Waals surface area (Å²) in [5.74, 6) is -0.612.